The highest BCUT2D eigenvalue weighted by molar-refractivity contribution is 5.80. The quantitative estimate of drug-likeness (QED) is 0.755. The number of imidazole rings is 1. The van der Waals surface area contributed by atoms with Crippen molar-refractivity contribution in [2.45, 2.75) is 51.3 Å². The second-order valence-corrected chi connectivity index (χ2v) is 7.11. The second-order valence-electron chi connectivity index (χ2n) is 7.11. The van der Waals surface area contributed by atoms with Crippen LogP contribution in [-0.2, 0) is 11.3 Å². The van der Waals surface area contributed by atoms with Crippen molar-refractivity contribution >= 4 is 16.9 Å². The van der Waals surface area contributed by atoms with E-state index in [1.54, 1.807) is 12.5 Å². The molecule has 1 N–H and O–H groups in total. The number of aryl methyl sites for hydroxylation is 1. The Kier molecular flexibility index (Phi) is 5.05. The number of hydrogen-bond donors (Lipinski definition) is 1. The predicted molar refractivity (Wildman–Crippen MR) is 104 cm³/mol. The van der Waals surface area contributed by atoms with Crippen molar-refractivity contribution < 1.29 is 9.53 Å². The number of nitrogens with one attached hydrogen (secondary N) is 1. The molecule has 4 rings (SSSR count). The summed E-state index contributed by atoms with van der Waals surface area (Å²) < 4.78 is 7.98. The third-order valence-electron chi connectivity index (χ3n) is 5.13. The predicted octanol–water partition coefficient (Wildman–Crippen LogP) is 3.25. The highest BCUT2D eigenvalue weighted by Gasteiger charge is 2.24. The van der Waals surface area contributed by atoms with E-state index in [4.69, 9.17) is 4.74 Å². The first-order chi connectivity index (χ1) is 13.2. The lowest BCUT2D eigenvalue weighted by Crippen LogP contribution is -2.41. The molecule has 1 aliphatic rings. The molecule has 0 bridgehead atoms. The van der Waals surface area contributed by atoms with Gasteiger partial charge in [0, 0.05) is 12.2 Å². The first kappa shape index (κ1) is 17.5. The molecule has 1 saturated carbocycles. The minimum atomic E-state index is 0.0330. The number of carbonyl (C=O) groups is 1. The zero-order valence-electron chi connectivity index (χ0n) is 15.5. The maximum atomic E-state index is 12.4. The average Bonchev–Trinajstić information content (AvgIpc) is 3.08. The van der Waals surface area contributed by atoms with Gasteiger partial charge >= 0.3 is 0 Å². The van der Waals surface area contributed by atoms with Crippen LogP contribution in [0.25, 0.3) is 11.0 Å². The van der Waals surface area contributed by atoms with E-state index in [-0.39, 0.29) is 18.1 Å². The van der Waals surface area contributed by atoms with Gasteiger partial charge in [-0.05, 0) is 56.9 Å². The van der Waals surface area contributed by atoms with E-state index < -0.39 is 0 Å². The Hall–Kier alpha value is -2.89. The van der Waals surface area contributed by atoms with E-state index in [1.807, 2.05) is 47.9 Å². The number of amides is 1. The molecule has 6 heteroatoms. The normalized spacial score (nSPS) is 19.7. The number of benzene rings is 1. The molecule has 0 aliphatic heterocycles. The molecule has 6 nitrogen and oxygen atoms in total. The van der Waals surface area contributed by atoms with Crippen LogP contribution >= 0.6 is 0 Å². The van der Waals surface area contributed by atoms with Gasteiger partial charge in [0.25, 0.3) is 0 Å². The summed E-state index contributed by atoms with van der Waals surface area (Å²) in [5.41, 5.74) is 2.81. The fourth-order valence-electron chi connectivity index (χ4n) is 3.66. The molecule has 0 unspecified atom stereocenters. The molecule has 0 saturated heterocycles. The maximum Gasteiger partial charge on any atom is 0.240 e. The minimum absolute atomic E-state index is 0.0330. The number of nitrogens with zero attached hydrogens (tertiary/aromatic N) is 3. The van der Waals surface area contributed by atoms with Gasteiger partial charge in [-0.1, -0.05) is 12.1 Å². The van der Waals surface area contributed by atoms with Gasteiger partial charge in [0.1, 0.15) is 12.3 Å². The summed E-state index contributed by atoms with van der Waals surface area (Å²) in [5, 5.41) is 3.16. The standard InChI is InChI=1S/C21H24N4O2/c1-15-20(7-4-12-22-15)27-17-10-8-16(9-11-17)24-21(26)13-25-14-23-18-5-2-3-6-19(18)25/h2-7,12,14,16-17H,8-11,13H2,1H3,(H,24,26). The Labute approximate surface area is 158 Å². The van der Waals surface area contributed by atoms with Crippen LogP contribution in [0.5, 0.6) is 5.75 Å². The molecule has 0 atom stereocenters. The van der Waals surface area contributed by atoms with Crippen LogP contribution in [0, 0.1) is 6.92 Å². The van der Waals surface area contributed by atoms with Crippen LogP contribution in [0.4, 0.5) is 0 Å². The van der Waals surface area contributed by atoms with Gasteiger partial charge in [0.15, 0.2) is 0 Å². The lowest BCUT2D eigenvalue weighted by Gasteiger charge is -2.29. The molecule has 0 spiro atoms. The Balaban J connectivity index is 1.27. The Morgan fingerprint density at radius 1 is 1.15 bits per heavy atom. The Morgan fingerprint density at radius 2 is 1.96 bits per heavy atom. The zero-order valence-corrected chi connectivity index (χ0v) is 15.5. The Morgan fingerprint density at radius 3 is 2.78 bits per heavy atom. The summed E-state index contributed by atoms with van der Waals surface area (Å²) in [7, 11) is 0. The van der Waals surface area contributed by atoms with E-state index in [0.717, 1.165) is 48.2 Å². The highest BCUT2D eigenvalue weighted by Crippen LogP contribution is 2.25. The van der Waals surface area contributed by atoms with Crippen molar-refractivity contribution in [3.8, 4) is 5.75 Å². The minimum Gasteiger partial charge on any atom is -0.489 e. The van der Waals surface area contributed by atoms with Crippen molar-refractivity contribution in [2.24, 2.45) is 0 Å². The molecule has 2 aromatic heterocycles. The molecule has 0 radical (unpaired) electrons. The number of hydrogen-bond acceptors (Lipinski definition) is 4. The van der Waals surface area contributed by atoms with Gasteiger partial charge in [-0.3, -0.25) is 9.78 Å². The Bertz CT molecular complexity index is 929. The first-order valence-electron chi connectivity index (χ1n) is 9.46. The number of ether oxygens (including phenoxy) is 1. The topological polar surface area (TPSA) is 69.0 Å². The molecular formula is C21H24N4O2. The number of carbonyl (C=O) groups excluding carboxylic acids is 1. The van der Waals surface area contributed by atoms with E-state index in [9.17, 15) is 4.79 Å². The summed E-state index contributed by atoms with van der Waals surface area (Å²) in [6.07, 6.45) is 7.43. The molecule has 1 fully saturated rings. The number of rotatable bonds is 5. The first-order valence-corrected chi connectivity index (χ1v) is 9.46. The molecule has 1 aliphatic carbocycles. The molecule has 1 amide bonds. The van der Waals surface area contributed by atoms with Crippen LogP contribution in [0.1, 0.15) is 31.4 Å². The summed E-state index contributed by atoms with van der Waals surface area (Å²) in [6.45, 7) is 2.26. The van der Waals surface area contributed by atoms with Gasteiger partial charge in [0.05, 0.1) is 29.2 Å². The van der Waals surface area contributed by atoms with E-state index >= 15 is 0 Å². The lowest BCUT2D eigenvalue weighted by molar-refractivity contribution is -0.122. The fraction of sp³-hybridized carbons (Fsp3) is 0.381. The summed E-state index contributed by atoms with van der Waals surface area (Å²) in [5.74, 6) is 0.891. The molecule has 140 valence electrons. The van der Waals surface area contributed by atoms with Crippen molar-refractivity contribution in [1.82, 2.24) is 19.9 Å². The van der Waals surface area contributed by atoms with Crippen LogP contribution in [0.15, 0.2) is 48.9 Å². The van der Waals surface area contributed by atoms with Crippen LogP contribution in [0.3, 0.4) is 0 Å². The summed E-state index contributed by atoms with van der Waals surface area (Å²) in [6, 6.07) is 11.9. The molecular weight excluding hydrogens is 340 g/mol. The number of fused-ring (bicyclic) bond motifs is 1. The third kappa shape index (κ3) is 4.10. The molecule has 3 aromatic rings. The largest absolute Gasteiger partial charge is 0.489 e. The van der Waals surface area contributed by atoms with Crippen LogP contribution < -0.4 is 10.1 Å². The second kappa shape index (κ2) is 7.78. The van der Waals surface area contributed by atoms with Crippen molar-refractivity contribution in [3.05, 3.63) is 54.6 Å². The average molecular weight is 364 g/mol. The van der Waals surface area contributed by atoms with Crippen LogP contribution in [0.2, 0.25) is 0 Å². The van der Waals surface area contributed by atoms with Gasteiger partial charge < -0.3 is 14.6 Å². The highest BCUT2D eigenvalue weighted by atomic mass is 16.5. The van der Waals surface area contributed by atoms with Gasteiger partial charge in [-0.25, -0.2) is 4.98 Å². The molecule has 1 aromatic carbocycles. The van der Waals surface area contributed by atoms with Crippen molar-refractivity contribution in [1.29, 1.82) is 0 Å². The smallest absolute Gasteiger partial charge is 0.240 e. The maximum absolute atomic E-state index is 12.4. The fourth-order valence-corrected chi connectivity index (χ4v) is 3.66. The van der Waals surface area contributed by atoms with Gasteiger partial charge in [-0.15, -0.1) is 0 Å². The number of para-hydroxylation sites is 2. The van der Waals surface area contributed by atoms with Crippen molar-refractivity contribution in [2.75, 3.05) is 0 Å². The third-order valence-corrected chi connectivity index (χ3v) is 5.13. The lowest BCUT2D eigenvalue weighted by atomic mass is 9.93. The van der Waals surface area contributed by atoms with Crippen LogP contribution in [-0.4, -0.2) is 32.6 Å². The number of aromatic nitrogens is 3. The van der Waals surface area contributed by atoms with E-state index in [2.05, 4.69) is 15.3 Å². The van der Waals surface area contributed by atoms with Gasteiger partial charge in [-0.2, -0.15) is 0 Å². The SMILES string of the molecule is Cc1ncccc1OC1CCC(NC(=O)Cn2cnc3ccccc32)CC1. The molecule has 27 heavy (non-hydrogen) atoms. The van der Waals surface area contributed by atoms with E-state index in [0.29, 0.717) is 6.54 Å². The summed E-state index contributed by atoms with van der Waals surface area (Å²) >= 11 is 0. The molecule has 2 heterocycles. The van der Waals surface area contributed by atoms with Crippen molar-refractivity contribution in [3.63, 3.8) is 0 Å². The van der Waals surface area contributed by atoms with E-state index in [1.165, 1.54) is 0 Å². The zero-order chi connectivity index (χ0) is 18.6. The monoisotopic (exact) mass is 364 g/mol. The summed E-state index contributed by atoms with van der Waals surface area (Å²) in [4.78, 5) is 21.0. The number of pyridine rings is 1. The van der Waals surface area contributed by atoms with Gasteiger partial charge in [0.2, 0.25) is 5.91 Å².